The lowest BCUT2D eigenvalue weighted by molar-refractivity contribution is -0.924. The zero-order valence-corrected chi connectivity index (χ0v) is 32.2. The third-order valence-electron chi connectivity index (χ3n) is 12.5. The molecule has 2 bridgehead atoms. The van der Waals surface area contributed by atoms with Crippen LogP contribution in [0.2, 0.25) is 0 Å². The van der Waals surface area contributed by atoms with Crippen molar-refractivity contribution in [2.24, 2.45) is 5.92 Å². The van der Waals surface area contributed by atoms with Crippen LogP contribution in [0.15, 0.2) is 50.8 Å². The number of aromatic hydroxyl groups is 1. The molecule has 54 heavy (non-hydrogen) atoms. The van der Waals surface area contributed by atoms with Crippen LogP contribution in [0.1, 0.15) is 122 Å². The van der Waals surface area contributed by atoms with Crippen LogP contribution >= 0.6 is 24.4 Å². The van der Waals surface area contributed by atoms with E-state index < -0.39 is 22.9 Å². The van der Waals surface area contributed by atoms with Gasteiger partial charge in [0, 0.05) is 53.4 Å². The van der Waals surface area contributed by atoms with Crippen LogP contribution in [0.5, 0.6) is 17.5 Å². The normalized spacial score (nSPS) is 22.4. The summed E-state index contributed by atoms with van der Waals surface area (Å²) in [4.78, 5) is 47.8. The fourth-order valence-electron chi connectivity index (χ4n) is 10.1. The van der Waals surface area contributed by atoms with Gasteiger partial charge in [-0.1, -0.05) is 50.7 Å². The van der Waals surface area contributed by atoms with Crippen LogP contribution in [0.25, 0.3) is 0 Å². The van der Waals surface area contributed by atoms with Crippen molar-refractivity contribution in [1.82, 2.24) is 23.7 Å². The van der Waals surface area contributed by atoms with Gasteiger partial charge in [0.1, 0.15) is 12.3 Å². The van der Waals surface area contributed by atoms with Crippen molar-refractivity contribution in [1.29, 1.82) is 0 Å². The molecule has 14 heteroatoms. The zero-order valence-electron chi connectivity index (χ0n) is 30.6. The predicted octanol–water partition coefficient (Wildman–Crippen LogP) is 4.47. The number of ether oxygens (including phenoxy) is 1. The Morgan fingerprint density at radius 1 is 0.889 bits per heavy atom. The SMILES string of the molecule is COc1ccc(C(c2c([O-])n(C3CCCCC3)c(=S)[nH]c2=O)c2c(O)n(C3CCCCC3)c(=S)[nH]c2=O)cc1C[NH+]1CC2CC(C1)c1cccc(=O)n1C2. The first kappa shape index (κ1) is 36.7. The molecule has 0 radical (unpaired) electrons. The van der Waals surface area contributed by atoms with Crippen LogP contribution in [-0.2, 0) is 13.1 Å². The summed E-state index contributed by atoms with van der Waals surface area (Å²) in [6.45, 7) is 2.95. The number of fused-ring (bicyclic) bond motifs is 4. The largest absolute Gasteiger partial charge is 0.860 e. The van der Waals surface area contributed by atoms with Crippen molar-refractivity contribution in [2.45, 2.75) is 108 Å². The molecular weight excluding hydrogens is 725 g/mol. The molecule has 4 N–H and O–H groups in total. The smallest absolute Gasteiger partial charge is 0.259 e. The van der Waals surface area contributed by atoms with Gasteiger partial charge in [0.2, 0.25) is 5.88 Å². The van der Waals surface area contributed by atoms with E-state index in [4.69, 9.17) is 29.2 Å². The summed E-state index contributed by atoms with van der Waals surface area (Å²) in [5.41, 5.74) is 0.862. The number of nitrogens with zero attached hydrogens (tertiary/aromatic N) is 3. The molecule has 4 aliphatic rings. The third kappa shape index (κ3) is 6.70. The van der Waals surface area contributed by atoms with Crippen LogP contribution in [0.4, 0.5) is 0 Å². The Labute approximate surface area is 323 Å². The van der Waals surface area contributed by atoms with E-state index >= 15 is 0 Å². The number of aromatic amines is 2. The number of hydrogen-bond donors (Lipinski definition) is 4. The van der Waals surface area contributed by atoms with E-state index in [0.717, 1.165) is 95.0 Å². The Morgan fingerprint density at radius 2 is 1.54 bits per heavy atom. The molecule has 3 fully saturated rings. The molecule has 4 unspecified atom stereocenters. The minimum absolute atomic E-state index is 0.0415. The number of quaternary nitrogens is 1. The van der Waals surface area contributed by atoms with Crippen molar-refractivity contribution < 1.29 is 19.8 Å². The lowest BCUT2D eigenvalue weighted by Gasteiger charge is -2.40. The molecule has 12 nitrogen and oxygen atoms in total. The van der Waals surface area contributed by atoms with Crippen molar-refractivity contribution in [3.8, 4) is 17.5 Å². The first-order valence-corrected chi connectivity index (χ1v) is 20.3. The van der Waals surface area contributed by atoms with Gasteiger partial charge in [-0.15, -0.1) is 0 Å². The number of likely N-dealkylation sites (tertiary alicyclic amines) is 1. The van der Waals surface area contributed by atoms with Crippen LogP contribution in [0.3, 0.4) is 0 Å². The number of pyridine rings is 1. The van der Waals surface area contributed by atoms with E-state index in [-0.39, 0.29) is 50.1 Å². The van der Waals surface area contributed by atoms with Gasteiger partial charge in [-0.3, -0.25) is 28.9 Å². The number of aromatic nitrogens is 5. The number of rotatable bonds is 8. The van der Waals surface area contributed by atoms with Gasteiger partial charge >= 0.3 is 0 Å². The summed E-state index contributed by atoms with van der Waals surface area (Å²) in [6.07, 6.45) is 10.0. The summed E-state index contributed by atoms with van der Waals surface area (Å²) in [6, 6.07) is 10.7. The van der Waals surface area contributed by atoms with Gasteiger partial charge in [-0.25, -0.2) is 0 Å². The Morgan fingerprint density at radius 3 is 2.22 bits per heavy atom. The maximum Gasteiger partial charge on any atom is 0.259 e. The van der Waals surface area contributed by atoms with Crippen LogP contribution < -0.4 is 31.4 Å². The van der Waals surface area contributed by atoms with Crippen LogP contribution in [-0.4, -0.2) is 49.0 Å². The van der Waals surface area contributed by atoms with E-state index in [0.29, 0.717) is 30.3 Å². The molecule has 3 aromatic heterocycles. The molecule has 286 valence electrons. The summed E-state index contributed by atoms with van der Waals surface area (Å²) in [5.74, 6) is -0.897. The molecule has 2 aliphatic carbocycles. The Hall–Kier alpha value is -4.27. The number of methoxy groups -OCH3 is 1. The number of piperidine rings is 1. The fraction of sp³-hybridized carbons (Fsp3) is 0.525. The van der Waals surface area contributed by atoms with Crippen molar-refractivity contribution in [2.75, 3.05) is 20.2 Å². The topological polar surface area (TPSA) is 155 Å². The summed E-state index contributed by atoms with van der Waals surface area (Å²) < 4.78 is 11.1. The predicted molar refractivity (Wildman–Crippen MR) is 207 cm³/mol. The first-order valence-electron chi connectivity index (χ1n) is 19.5. The third-order valence-corrected chi connectivity index (χ3v) is 13.1. The average Bonchev–Trinajstić information content (AvgIpc) is 3.15. The van der Waals surface area contributed by atoms with E-state index in [1.165, 1.54) is 9.47 Å². The van der Waals surface area contributed by atoms with Gasteiger partial charge in [-0.05, 0) is 86.2 Å². The molecule has 1 saturated heterocycles. The Kier molecular flexibility index (Phi) is 10.3. The van der Waals surface area contributed by atoms with Gasteiger partial charge in [0.25, 0.3) is 16.7 Å². The van der Waals surface area contributed by atoms with Gasteiger partial charge in [-0.2, -0.15) is 0 Å². The summed E-state index contributed by atoms with van der Waals surface area (Å²) >= 11 is 11.2. The fourth-order valence-corrected chi connectivity index (χ4v) is 10.7. The molecule has 8 rings (SSSR count). The molecule has 2 aliphatic heterocycles. The average molecular weight is 773 g/mol. The number of H-pyrrole nitrogens is 2. The molecule has 0 amide bonds. The molecule has 2 saturated carbocycles. The first-order chi connectivity index (χ1) is 26.1. The van der Waals surface area contributed by atoms with Crippen molar-refractivity contribution >= 4 is 24.4 Å². The van der Waals surface area contributed by atoms with Gasteiger partial charge in [0.15, 0.2) is 9.54 Å². The van der Waals surface area contributed by atoms with E-state index in [1.807, 2.05) is 22.8 Å². The lowest BCUT2D eigenvalue weighted by Crippen LogP contribution is -3.13. The molecule has 5 heterocycles. The molecule has 0 spiro atoms. The highest BCUT2D eigenvalue weighted by molar-refractivity contribution is 7.71. The quantitative estimate of drug-likeness (QED) is 0.192. The number of benzene rings is 1. The van der Waals surface area contributed by atoms with Gasteiger partial charge in [0.05, 0.1) is 31.7 Å². The maximum absolute atomic E-state index is 14.7. The van der Waals surface area contributed by atoms with Crippen molar-refractivity contribution in [3.05, 3.63) is 105 Å². The Balaban J connectivity index is 1.27. The molecule has 1 aromatic carbocycles. The Bertz CT molecular complexity index is 2270. The highest BCUT2D eigenvalue weighted by atomic mass is 32.1. The van der Waals surface area contributed by atoms with E-state index in [9.17, 15) is 24.6 Å². The summed E-state index contributed by atoms with van der Waals surface area (Å²) in [5, 5.41) is 26.9. The van der Waals surface area contributed by atoms with E-state index in [1.54, 1.807) is 23.8 Å². The number of nitrogens with one attached hydrogen (secondary N) is 3. The lowest BCUT2D eigenvalue weighted by atomic mass is 9.82. The summed E-state index contributed by atoms with van der Waals surface area (Å²) in [7, 11) is 1.61. The highest BCUT2D eigenvalue weighted by Gasteiger charge is 2.38. The van der Waals surface area contributed by atoms with Gasteiger partial charge < -0.3 is 29.0 Å². The molecular formula is C40H48N6O6S2. The minimum Gasteiger partial charge on any atom is -0.860 e. The monoisotopic (exact) mass is 772 g/mol. The highest BCUT2D eigenvalue weighted by Crippen LogP contribution is 2.42. The second-order valence-corrected chi connectivity index (χ2v) is 16.6. The minimum atomic E-state index is -1.24. The second-order valence-electron chi connectivity index (χ2n) is 15.8. The molecule has 4 atom stereocenters. The van der Waals surface area contributed by atoms with Crippen molar-refractivity contribution in [3.63, 3.8) is 0 Å². The standard InChI is InChI=1S/C40H48N6O6S2/c1-52-30-16-15-24(18-26(30)22-43-19-23-17-25(21-43)29-13-8-14-31(47)44(29)20-23)32(33-35(48)41-39(53)45(37(33)50)27-9-4-2-5-10-27)34-36(49)42-40(54)46(38(34)51)28-11-6-3-7-12-28/h8,13-16,18,23,25,27-28,32,50-51H,2-7,9-12,17,19-22H2,1H3,(H,41,48,53)(H,42,49,54). The zero-order chi connectivity index (χ0) is 37.7. The number of hydrogen-bond acceptors (Lipinski definition) is 8. The van der Waals surface area contributed by atoms with E-state index in [2.05, 4.69) is 16.0 Å². The molecule has 4 aromatic rings. The van der Waals surface area contributed by atoms with Crippen LogP contribution in [0, 0.1) is 15.5 Å². The maximum atomic E-state index is 14.7. The second kappa shape index (κ2) is 15.1.